The molecule has 4 heteroatoms. The van der Waals surface area contributed by atoms with E-state index in [1.807, 2.05) is 25.1 Å². The van der Waals surface area contributed by atoms with E-state index in [1.165, 1.54) is 0 Å². The van der Waals surface area contributed by atoms with Crippen LogP contribution >= 0.6 is 11.6 Å². The van der Waals surface area contributed by atoms with E-state index in [9.17, 15) is 4.79 Å². The van der Waals surface area contributed by atoms with Crippen LogP contribution in [0.5, 0.6) is 5.75 Å². The van der Waals surface area contributed by atoms with Gasteiger partial charge in [-0.15, -0.1) is 11.6 Å². The third-order valence-electron chi connectivity index (χ3n) is 2.60. The first-order chi connectivity index (χ1) is 8.47. The van der Waals surface area contributed by atoms with Gasteiger partial charge in [-0.25, -0.2) is 0 Å². The minimum Gasteiger partial charge on any atom is -0.491 e. The lowest BCUT2D eigenvalue weighted by Gasteiger charge is -2.22. The van der Waals surface area contributed by atoms with E-state index < -0.39 is 0 Å². The van der Waals surface area contributed by atoms with Gasteiger partial charge in [-0.3, -0.25) is 4.79 Å². The molecule has 0 aliphatic carbocycles. The molecule has 0 atom stereocenters. The van der Waals surface area contributed by atoms with Crippen molar-refractivity contribution in [2.75, 3.05) is 24.4 Å². The zero-order valence-electron chi connectivity index (χ0n) is 11.4. The molecule has 0 fully saturated rings. The second kappa shape index (κ2) is 6.64. The Morgan fingerprint density at radius 1 is 1.44 bits per heavy atom. The molecule has 1 aromatic rings. The molecule has 0 heterocycles. The first-order valence-electron chi connectivity index (χ1n) is 6.02. The SMILES string of the molecule is Cc1cccc(OCC(C)C)c1N(C)C(=O)CCl. The molecule has 0 bridgehead atoms. The molecule has 0 aliphatic heterocycles. The number of para-hydroxylation sites is 1. The van der Waals surface area contributed by atoms with Gasteiger partial charge in [0.25, 0.3) is 0 Å². The normalized spacial score (nSPS) is 10.6. The van der Waals surface area contributed by atoms with Crippen molar-refractivity contribution in [1.29, 1.82) is 0 Å². The molecular weight excluding hydrogens is 250 g/mol. The van der Waals surface area contributed by atoms with E-state index in [1.54, 1.807) is 11.9 Å². The number of aryl methyl sites for hydroxylation is 1. The largest absolute Gasteiger partial charge is 0.491 e. The van der Waals surface area contributed by atoms with E-state index in [0.29, 0.717) is 12.5 Å². The monoisotopic (exact) mass is 269 g/mol. The number of hydrogen-bond acceptors (Lipinski definition) is 2. The Balaban J connectivity index is 3.03. The summed E-state index contributed by atoms with van der Waals surface area (Å²) in [6.45, 7) is 6.75. The van der Waals surface area contributed by atoms with Gasteiger partial charge >= 0.3 is 0 Å². The average Bonchev–Trinajstić information content (AvgIpc) is 2.34. The molecule has 0 aliphatic rings. The summed E-state index contributed by atoms with van der Waals surface area (Å²) in [5.74, 6) is 0.992. The molecule has 100 valence electrons. The van der Waals surface area contributed by atoms with Gasteiger partial charge in [-0.05, 0) is 24.5 Å². The molecule has 0 aromatic heterocycles. The smallest absolute Gasteiger partial charge is 0.241 e. The van der Waals surface area contributed by atoms with Crippen LogP contribution in [0.15, 0.2) is 18.2 Å². The number of ether oxygens (including phenoxy) is 1. The summed E-state index contributed by atoms with van der Waals surface area (Å²) in [7, 11) is 1.72. The van der Waals surface area contributed by atoms with Crippen LogP contribution in [-0.2, 0) is 4.79 Å². The maximum absolute atomic E-state index is 11.7. The lowest BCUT2D eigenvalue weighted by Crippen LogP contribution is -2.28. The van der Waals surface area contributed by atoms with Crippen molar-refractivity contribution in [2.24, 2.45) is 5.92 Å². The van der Waals surface area contributed by atoms with Gasteiger partial charge in [-0.1, -0.05) is 26.0 Å². The molecule has 0 saturated heterocycles. The fourth-order valence-corrected chi connectivity index (χ4v) is 1.83. The Hall–Kier alpha value is -1.22. The standard InChI is InChI=1S/C14H20ClNO2/c1-10(2)9-18-12-7-5-6-11(3)14(12)16(4)13(17)8-15/h5-7,10H,8-9H2,1-4H3. The number of amides is 1. The van der Waals surface area contributed by atoms with Crippen molar-refractivity contribution >= 4 is 23.2 Å². The highest BCUT2D eigenvalue weighted by Gasteiger charge is 2.17. The highest BCUT2D eigenvalue weighted by Crippen LogP contribution is 2.31. The molecule has 0 radical (unpaired) electrons. The molecule has 3 nitrogen and oxygen atoms in total. The molecule has 0 saturated carbocycles. The van der Waals surface area contributed by atoms with Gasteiger partial charge in [0.2, 0.25) is 5.91 Å². The summed E-state index contributed by atoms with van der Waals surface area (Å²) in [4.78, 5) is 13.2. The van der Waals surface area contributed by atoms with Crippen LogP contribution in [0.25, 0.3) is 0 Å². The minimum absolute atomic E-state index is 0.0333. The number of hydrogen-bond donors (Lipinski definition) is 0. The Kier molecular flexibility index (Phi) is 5.48. The van der Waals surface area contributed by atoms with Crippen LogP contribution in [0.1, 0.15) is 19.4 Å². The molecule has 1 aromatic carbocycles. The Morgan fingerprint density at radius 3 is 2.67 bits per heavy atom. The molecule has 1 rings (SSSR count). The van der Waals surface area contributed by atoms with Crippen LogP contribution in [-0.4, -0.2) is 25.4 Å². The number of anilines is 1. The first kappa shape index (κ1) is 14.8. The predicted octanol–water partition coefficient (Wildman–Crippen LogP) is 3.23. The van der Waals surface area contributed by atoms with Gasteiger partial charge < -0.3 is 9.64 Å². The third-order valence-corrected chi connectivity index (χ3v) is 2.83. The van der Waals surface area contributed by atoms with E-state index in [4.69, 9.17) is 16.3 Å². The Morgan fingerprint density at radius 2 is 2.11 bits per heavy atom. The number of rotatable bonds is 5. The topological polar surface area (TPSA) is 29.5 Å². The highest BCUT2D eigenvalue weighted by atomic mass is 35.5. The summed E-state index contributed by atoms with van der Waals surface area (Å²) in [6, 6.07) is 5.76. The minimum atomic E-state index is -0.139. The summed E-state index contributed by atoms with van der Waals surface area (Å²) in [5.41, 5.74) is 1.79. The van der Waals surface area contributed by atoms with Gasteiger partial charge in [0.1, 0.15) is 11.6 Å². The molecular formula is C14H20ClNO2. The fraction of sp³-hybridized carbons (Fsp3) is 0.500. The summed E-state index contributed by atoms with van der Waals surface area (Å²) >= 11 is 5.60. The Bertz CT molecular complexity index is 418. The number of halogens is 1. The van der Waals surface area contributed by atoms with Crippen molar-refractivity contribution < 1.29 is 9.53 Å². The molecule has 0 spiro atoms. The van der Waals surface area contributed by atoms with Crippen molar-refractivity contribution in [3.8, 4) is 5.75 Å². The zero-order valence-corrected chi connectivity index (χ0v) is 12.1. The van der Waals surface area contributed by atoms with Gasteiger partial charge in [-0.2, -0.15) is 0 Å². The molecule has 0 unspecified atom stereocenters. The van der Waals surface area contributed by atoms with Crippen LogP contribution in [0.3, 0.4) is 0 Å². The lowest BCUT2D eigenvalue weighted by atomic mass is 10.1. The first-order valence-corrected chi connectivity index (χ1v) is 6.55. The molecule has 18 heavy (non-hydrogen) atoms. The average molecular weight is 270 g/mol. The van der Waals surface area contributed by atoms with Crippen molar-refractivity contribution in [3.05, 3.63) is 23.8 Å². The lowest BCUT2D eigenvalue weighted by molar-refractivity contribution is -0.116. The zero-order chi connectivity index (χ0) is 13.7. The molecule has 1 amide bonds. The predicted molar refractivity (Wildman–Crippen MR) is 75.6 cm³/mol. The number of alkyl halides is 1. The summed E-state index contributed by atoms with van der Waals surface area (Å²) in [5, 5.41) is 0. The summed E-state index contributed by atoms with van der Waals surface area (Å²) < 4.78 is 5.76. The second-order valence-electron chi connectivity index (χ2n) is 4.71. The van der Waals surface area contributed by atoms with E-state index in [2.05, 4.69) is 13.8 Å². The number of benzene rings is 1. The maximum Gasteiger partial charge on any atom is 0.241 e. The number of carbonyl (C=O) groups is 1. The van der Waals surface area contributed by atoms with Crippen LogP contribution < -0.4 is 9.64 Å². The van der Waals surface area contributed by atoms with Gasteiger partial charge in [0, 0.05) is 7.05 Å². The van der Waals surface area contributed by atoms with Crippen molar-refractivity contribution in [1.82, 2.24) is 0 Å². The van der Waals surface area contributed by atoms with Crippen LogP contribution in [0, 0.1) is 12.8 Å². The van der Waals surface area contributed by atoms with E-state index >= 15 is 0 Å². The number of nitrogens with zero attached hydrogens (tertiary/aromatic N) is 1. The van der Waals surface area contributed by atoms with E-state index in [-0.39, 0.29) is 11.8 Å². The van der Waals surface area contributed by atoms with Crippen molar-refractivity contribution in [2.45, 2.75) is 20.8 Å². The Labute approximate surface area is 114 Å². The quantitative estimate of drug-likeness (QED) is 0.768. The molecule has 0 N–H and O–H groups in total. The maximum atomic E-state index is 11.7. The second-order valence-corrected chi connectivity index (χ2v) is 4.98. The van der Waals surface area contributed by atoms with Crippen molar-refractivity contribution in [3.63, 3.8) is 0 Å². The van der Waals surface area contributed by atoms with Gasteiger partial charge in [0.15, 0.2) is 0 Å². The fourth-order valence-electron chi connectivity index (χ4n) is 1.65. The third kappa shape index (κ3) is 3.64. The number of carbonyl (C=O) groups excluding carboxylic acids is 1. The van der Waals surface area contributed by atoms with Gasteiger partial charge in [0.05, 0.1) is 12.3 Å². The van der Waals surface area contributed by atoms with Crippen LogP contribution in [0.2, 0.25) is 0 Å². The van der Waals surface area contributed by atoms with E-state index in [0.717, 1.165) is 17.0 Å². The summed E-state index contributed by atoms with van der Waals surface area (Å²) in [6.07, 6.45) is 0. The highest BCUT2D eigenvalue weighted by molar-refractivity contribution is 6.29. The van der Waals surface area contributed by atoms with Crippen LogP contribution in [0.4, 0.5) is 5.69 Å².